The number of anilines is 1. The molecule has 3 rings (SSSR count). The first-order chi connectivity index (χ1) is 14.9. The fourth-order valence-corrected chi connectivity index (χ4v) is 3.94. The summed E-state index contributed by atoms with van der Waals surface area (Å²) >= 11 is 0. The monoisotopic (exact) mass is 433 g/mol. The summed E-state index contributed by atoms with van der Waals surface area (Å²) in [5.74, 6) is 0.502. The number of rotatable bonds is 3. The predicted octanol–water partition coefficient (Wildman–Crippen LogP) is 2.15. The lowest BCUT2D eigenvalue weighted by molar-refractivity contribution is -0.122. The van der Waals surface area contributed by atoms with Gasteiger partial charge < -0.3 is 29.7 Å². The smallest absolute Gasteiger partial charge is 0.257 e. The lowest BCUT2D eigenvalue weighted by Gasteiger charge is -2.30. The minimum atomic E-state index is -0.132. The number of carbonyl (C=O) groups excluding carboxylic acids is 2. The minimum absolute atomic E-state index is 0.0215. The maximum atomic E-state index is 13.2. The number of hydrogen-bond donors (Lipinski definition) is 2. The molecule has 8 nitrogen and oxygen atoms in total. The summed E-state index contributed by atoms with van der Waals surface area (Å²) in [5.41, 5.74) is 1.10. The van der Waals surface area contributed by atoms with Crippen molar-refractivity contribution in [2.45, 2.75) is 38.8 Å². The summed E-state index contributed by atoms with van der Waals surface area (Å²) in [7, 11) is 3.45. The molecule has 1 aromatic carbocycles. The highest BCUT2D eigenvalue weighted by Crippen LogP contribution is 2.27. The zero-order valence-electron chi connectivity index (χ0n) is 19.0. The van der Waals surface area contributed by atoms with Gasteiger partial charge >= 0.3 is 0 Å². The van der Waals surface area contributed by atoms with Crippen molar-refractivity contribution >= 4 is 17.5 Å². The number of fused-ring (bicyclic) bond motifs is 1. The van der Waals surface area contributed by atoms with Crippen LogP contribution in [0.15, 0.2) is 18.2 Å². The number of methoxy groups -OCH3 is 1. The van der Waals surface area contributed by atoms with Gasteiger partial charge in [-0.1, -0.05) is 6.92 Å². The largest absolute Gasteiger partial charge is 0.491 e. The van der Waals surface area contributed by atoms with Crippen LogP contribution in [0.4, 0.5) is 5.69 Å². The molecule has 31 heavy (non-hydrogen) atoms. The number of benzene rings is 1. The highest BCUT2D eigenvalue weighted by atomic mass is 16.5. The van der Waals surface area contributed by atoms with Crippen molar-refractivity contribution in [1.82, 2.24) is 10.2 Å². The maximum absolute atomic E-state index is 13.2. The van der Waals surface area contributed by atoms with Gasteiger partial charge in [0.1, 0.15) is 12.4 Å². The van der Waals surface area contributed by atoms with E-state index in [0.717, 1.165) is 19.4 Å². The molecule has 1 saturated heterocycles. The number of likely N-dealkylation sites (N-methyl/N-ethyl adjacent to an activating group) is 1. The van der Waals surface area contributed by atoms with Gasteiger partial charge in [0.05, 0.1) is 11.7 Å². The van der Waals surface area contributed by atoms with E-state index in [2.05, 4.69) is 17.6 Å². The van der Waals surface area contributed by atoms with Crippen LogP contribution in [0.3, 0.4) is 0 Å². The van der Waals surface area contributed by atoms with Crippen LogP contribution in [0.25, 0.3) is 0 Å². The molecule has 2 N–H and O–H groups in total. The van der Waals surface area contributed by atoms with Crippen molar-refractivity contribution in [1.29, 1.82) is 0 Å². The van der Waals surface area contributed by atoms with E-state index in [4.69, 9.17) is 14.2 Å². The Kier molecular flexibility index (Phi) is 8.28. The van der Waals surface area contributed by atoms with E-state index in [1.807, 2.05) is 6.92 Å². The fraction of sp³-hybridized carbons (Fsp3) is 0.652. The van der Waals surface area contributed by atoms with Gasteiger partial charge in [0.25, 0.3) is 5.91 Å². The second-order valence-electron chi connectivity index (χ2n) is 8.64. The molecular weight excluding hydrogens is 398 g/mol. The molecular formula is C23H35N3O5. The average Bonchev–Trinajstić information content (AvgIpc) is 2.79. The summed E-state index contributed by atoms with van der Waals surface area (Å²) in [6.07, 6.45) is 1.37. The first-order valence-electron chi connectivity index (χ1n) is 11.1. The fourth-order valence-electron chi connectivity index (χ4n) is 3.94. The molecule has 1 fully saturated rings. The van der Waals surface area contributed by atoms with Gasteiger partial charge in [-0.15, -0.1) is 0 Å². The highest BCUT2D eigenvalue weighted by Gasteiger charge is 2.26. The molecule has 0 aromatic heterocycles. The normalized spacial score (nSPS) is 26.3. The van der Waals surface area contributed by atoms with E-state index in [1.165, 1.54) is 0 Å². The van der Waals surface area contributed by atoms with Crippen molar-refractivity contribution in [3.05, 3.63) is 23.8 Å². The highest BCUT2D eigenvalue weighted by molar-refractivity contribution is 5.98. The molecule has 0 aliphatic carbocycles. The molecule has 3 atom stereocenters. The topological polar surface area (TPSA) is 89.1 Å². The van der Waals surface area contributed by atoms with Crippen LogP contribution < -0.4 is 15.4 Å². The zero-order chi connectivity index (χ0) is 22.4. The molecule has 2 amide bonds. The van der Waals surface area contributed by atoms with E-state index in [1.54, 1.807) is 37.3 Å². The Morgan fingerprint density at radius 1 is 1.26 bits per heavy atom. The standard InChI is InChI=1S/C23H35N3O5/c1-15-12-24-16(2)14-31-20-11-18(25-22(27)17-7-9-30-10-8-17)5-6-19(20)23(28)26(3)13-21(15)29-4/h5-6,11,15-17,21,24H,7-10,12-14H2,1-4H3,(H,25,27)/t15-,16-,21+/m0/s1. The molecule has 0 spiro atoms. The minimum Gasteiger partial charge on any atom is -0.491 e. The van der Waals surface area contributed by atoms with Gasteiger partial charge in [0, 0.05) is 64.2 Å². The van der Waals surface area contributed by atoms with Crippen LogP contribution >= 0.6 is 0 Å². The maximum Gasteiger partial charge on any atom is 0.257 e. The van der Waals surface area contributed by atoms with Gasteiger partial charge in [-0.05, 0) is 37.8 Å². The summed E-state index contributed by atoms with van der Waals surface area (Å²) in [4.78, 5) is 27.4. The third-order valence-corrected chi connectivity index (χ3v) is 6.09. The first kappa shape index (κ1) is 23.5. The van der Waals surface area contributed by atoms with E-state index in [0.29, 0.717) is 43.4 Å². The summed E-state index contributed by atoms with van der Waals surface area (Å²) < 4.78 is 17.0. The molecule has 0 saturated carbocycles. The van der Waals surface area contributed by atoms with Gasteiger partial charge in [-0.25, -0.2) is 0 Å². The van der Waals surface area contributed by atoms with Crippen LogP contribution in [0.1, 0.15) is 37.0 Å². The number of carbonyl (C=O) groups is 2. The van der Waals surface area contributed by atoms with E-state index in [9.17, 15) is 9.59 Å². The number of ether oxygens (including phenoxy) is 3. The van der Waals surface area contributed by atoms with Crippen molar-refractivity contribution in [3.8, 4) is 5.75 Å². The quantitative estimate of drug-likeness (QED) is 0.759. The van der Waals surface area contributed by atoms with Crippen molar-refractivity contribution < 1.29 is 23.8 Å². The molecule has 2 aliphatic rings. The average molecular weight is 434 g/mol. The zero-order valence-corrected chi connectivity index (χ0v) is 19.0. The first-order valence-corrected chi connectivity index (χ1v) is 11.1. The number of hydrogen-bond acceptors (Lipinski definition) is 6. The van der Waals surface area contributed by atoms with Crippen molar-refractivity contribution in [2.24, 2.45) is 11.8 Å². The van der Waals surface area contributed by atoms with Crippen molar-refractivity contribution in [2.75, 3.05) is 52.4 Å². The Labute approximate surface area is 184 Å². The lowest BCUT2D eigenvalue weighted by atomic mass is 9.99. The van der Waals surface area contributed by atoms with Crippen LogP contribution in [-0.2, 0) is 14.3 Å². The second kappa shape index (κ2) is 10.9. The Balaban J connectivity index is 1.81. The molecule has 0 radical (unpaired) electrons. The second-order valence-corrected chi connectivity index (χ2v) is 8.64. The van der Waals surface area contributed by atoms with Crippen molar-refractivity contribution in [3.63, 3.8) is 0 Å². The number of nitrogens with one attached hydrogen (secondary N) is 2. The SMILES string of the molecule is CO[C@@H]1CN(C)C(=O)c2ccc(NC(=O)C3CCOCC3)cc2OC[C@H](C)NC[C@@H]1C. The van der Waals surface area contributed by atoms with E-state index >= 15 is 0 Å². The summed E-state index contributed by atoms with van der Waals surface area (Å²) in [6.45, 7) is 7.03. The Morgan fingerprint density at radius 2 is 2.00 bits per heavy atom. The third kappa shape index (κ3) is 6.18. The molecule has 2 heterocycles. The molecule has 0 unspecified atom stereocenters. The Hall–Kier alpha value is -2.16. The summed E-state index contributed by atoms with van der Waals surface area (Å²) in [5, 5.41) is 6.44. The van der Waals surface area contributed by atoms with Gasteiger partial charge in [0.15, 0.2) is 0 Å². The molecule has 1 aromatic rings. The molecule has 2 aliphatic heterocycles. The number of amides is 2. The van der Waals surface area contributed by atoms with Crippen LogP contribution in [-0.4, -0.2) is 75.9 Å². The Bertz CT molecular complexity index is 766. The van der Waals surface area contributed by atoms with Gasteiger partial charge in [0.2, 0.25) is 5.91 Å². The predicted molar refractivity (Wildman–Crippen MR) is 118 cm³/mol. The van der Waals surface area contributed by atoms with Gasteiger partial charge in [-0.3, -0.25) is 9.59 Å². The molecule has 8 heteroatoms. The van der Waals surface area contributed by atoms with Crippen LogP contribution in [0.2, 0.25) is 0 Å². The molecule has 0 bridgehead atoms. The summed E-state index contributed by atoms with van der Waals surface area (Å²) in [6, 6.07) is 5.33. The number of nitrogens with zero attached hydrogens (tertiary/aromatic N) is 1. The third-order valence-electron chi connectivity index (χ3n) is 6.09. The van der Waals surface area contributed by atoms with Crippen LogP contribution in [0.5, 0.6) is 5.75 Å². The lowest BCUT2D eigenvalue weighted by Crippen LogP contribution is -2.44. The van der Waals surface area contributed by atoms with Crippen LogP contribution in [0, 0.1) is 11.8 Å². The Morgan fingerprint density at radius 3 is 2.71 bits per heavy atom. The van der Waals surface area contributed by atoms with Gasteiger partial charge in [-0.2, -0.15) is 0 Å². The molecule has 172 valence electrons. The van der Waals surface area contributed by atoms with E-state index in [-0.39, 0.29) is 35.8 Å². The van der Waals surface area contributed by atoms with E-state index < -0.39 is 0 Å².